The van der Waals surface area contributed by atoms with Gasteiger partial charge in [-0.1, -0.05) is 48.5 Å². The topological polar surface area (TPSA) is 225 Å². The van der Waals surface area contributed by atoms with Gasteiger partial charge in [-0.15, -0.1) is 0 Å². The lowest BCUT2D eigenvalue weighted by Gasteiger charge is -2.02. The Morgan fingerprint density at radius 1 is 0.661 bits per heavy atom. The van der Waals surface area contributed by atoms with Crippen LogP contribution in [0.1, 0.15) is 49.9 Å². The Morgan fingerprint density at radius 3 is 1.68 bits per heavy atom. The Kier molecular flexibility index (Phi) is 11.8. The summed E-state index contributed by atoms with van der Waals surface area (Å²) in [5.41, 5.74) is 11.0. The van der Waals surface area contributed by atoms with E-state index in [2.05, 4.69) is 31.1 Å². The number of carbonyl (C=O) groups is 5. The number of amides is 4. The first kappa shape index (κ1) is 38.0. The number of nitrogen functional groups attached to an aromatic ring is 1. The van der Waals surface area contributed by atoms with Gasteiger partial charge >= 0.3 is 0 Å². The van der Waals surface area contributed by atoms with Crippen LogP contribution in [0.15, 0.2) is 115 Å². The smallest absolute Gasteiger partial charge is 0.265 e. The predicted molar refractivity (Wildman–Crippen MR) is 210 cm³/mol. The largest absolute Gasteiger partial charge is 0.326 e. The van der Waals surface area contributed by atoms with Gasteiger partial charge in [0.2, 0.25) is 17.7 Å². The van der Waals surface area contributed by atoms with E-state index in [9.17, 15) is 24.0 Å². The molecule has 0 aliphatic carbocycles. The highest BCUT2D eigenvalue weighted by Crippen LogP contribution is 2.29. The van der Waals surface area contributed by atoms with E-state index in [0.29, 0.717) is 41.8 Å². The highest BCUT2D eigenvalue weighted by molar-refractivity contribution is 6.03. The van der Waals surface area contributed by atoms with Crippen LogP contribution in [0.4, 0.5) is 17.1 Å². The fourth-order valence-corrected chi connectivity index (χ4v) is 5.90. The molecular formula is C42H35N9O5. The maximum absolute atomic E-state index is 11.4. The van der Waals surface area contributed by atoms with Gasteiger partial charge in [-0.2, -0.15) is 10.4 Å². The first-order valence-electron chi connectivity index (χ1n) is 17.3. The van der Waals surface area contributed by atoms with E-state index in [1.165, 1.54) is 6.92 Å². The van der Waals surface area contributed by atoms with Crippen molar-refractivity contribution in [1.82, 2.24) is 20.6 Å². The number of hydrazine groups is 1. The van der Waals surface area contributed by atoms with E-state index in [-0.39, 0.29) is 29.4 Å². The number of hydrogen-bond donors (Lipinski definition) is 6. The van der Waals surface area contributed by atoms with Crippen LogP contribution in [0, 0.1) is 11.3 Å². The van der Waals surface area contributed by atoms with Gasteiger partial charge in [0.05, 0.1) is 30.9 Å². The maximum atomic E-state index is 11.4. The number of anilines is 3. The lowest BCUT2D eigenvalue weighted by molar-refractivity contribution is -0.115. The molecule has 5 aromatic carbocycles. The minimum absolute atomic E-state index is 0.00398. The van der Waals surface area contributed by atoms with Crippen molar-refractivity contribution in [2.75, 3.05) is 16.0 Å². The number of ketones is 1. The Labute approximate surface area is 321 Å². The summed E-state index contributed by atoms with van der Waals surface area (Å²) in [5, 5.41) is 23.7. The van der Waals surface area contributed by atoms with Crippen LogP contribution in [0.5, 0.6) is 0 Å². The molecule has 0 fully saturated rings. The lowest BCUT2D eigenvalue weighted by Crippen LogP contribution is -2.29. The van der Waals surface area contributed by atoms with Crippen molar-refractivity contribution < 1.29 is 24.0 Å². The number of nitrogens with one attached hydrogen (secondary N) is 5. The van der Waals surface area contributed by atoms with E-state index in [1.54, 1.807) is 48.5 Å². The highest BCUT2D eigenvalue weighted by atomic mass is 16.2. The fraction of sp³-hybridized carbons (Fsp3) is 0.0952. The average molecular weight is 746 g/mol. The molecule has 14 nitrogen and oxygen atoms in total. The quantitative estimate of drug-likeness (QED) is 0.0590. The van der Waals surface area contributed by atoms with E-state index >= 15 is 0 Å². The van der Waals surface area contributed by atoms with E-state index in [4.69, 9.17) is 11.1 Å². The van der Waals surface area contributed by atoms with E-state index in [0.717, 1.165) is 50.7 Å². The number of aromatic nitrogens is 3. The molecule has 4 heterocycles. The summed E-state index contributed by atoms with van der Waals surface area (Å²) >= 11 is 0. The third-order valence-electron chi connectivity index (χ3n) is 8.68. The first-order chi connectivity index (χ1) is 27.1. The third kappa shape index (κ3) is 9.42. The molecule has 6 aromatic rings. The fourth-order valence-electron chi connectivity index (χ4n) is 5.90. The summed E-state index contributed by atoms with van der Waals surface area (Å²) in [4.78, 5) is 60.1. The second-order valence-electron chi connectivity index (χ2n) is 12.7. The zero-order valence-corrected chi connectivity index (χ0v) is 30.1. The molecule has 0 saturated heterocycles. The van der Waals surface area contributed by atoms with Crippen molar-refractivity contribution in [2.45, 2.75) is 26.2 Å². The second kappa shape index (κ2) is 17.4. The summed E-state index contributed by atoms with van der Waals surface area (Å²) < 4.78 is 0. The van der Waals surface area contributed by atoms with Crippen LogP contribution in [0.3, 0.4) is 0 Å². The molecule has 1 aromatic heterocycles. The Morgan fingerprint density at radius 2 is 1.16 bits per heavy atom. The average Bonchev–Trinajstić information content (AvgIpc) is 4.02. The van der Waals surface area contributed by atoms with Crippen molar-refractivity contribution in [1.29, 1.82) is 5.26 Å². The van der Waals surface area contributed by atoms with Gasteiger partial charge in [-0.25, -0.2) is 10.8 Å². The molecular weight excluding hydrogens is 711 g/mol. The van der Waals surface area contributed by atoms with Crippen molar-refractivity contribution in [3.05, 3.63) is 149 Å². The van der Waals surface area contributed by atoms with E-state index in [1.807, 2.05) is 78.2 Å². The molecule has 0 saturated carbocycles. The number of rotatable bonds is 4. The molecule has 4 amide bonds. The van der Waals surface area contributed by atoms with Crippen LogP contribution in [0.2, 0.25) is 0 Å². The number of carbonyl (C=O) groups excluding carboxylic acids is 5. The molecule has 7 N–H and O–H groups in total. The van der Waals surface area contributed by atoms with Crippen molar-refractivity contribution in [3.8, 4) is 28.8 Å². The number of aromatic amines is 1. The molecule has 0 unspecified atom stereocenters. The first-order valence-corrected chi connectivity index (χ1v) is 17.3. The number of Topliss-reactive ketones (excluding diaryl/α,β-unsaturated/α-hetero) is 1. The van der Waals surface area contributed by atoms with Crippen molar-refractivity contribution >= 4 is 46.5 Å². The number of fused-ring (bicyclic) bond motifs is 3. The Balaban J connectivity index is 0.000000134. The number of nitrogens with two attached hydrogens (primary N) is 1. The normalized spacial score (nSPS) is 12.6. The third-order valence-corrected chi connectivity index (χ3v) is 8.68. The molecule has 3 aliphatic rings. The molecule has 0 bridgehead atoms. The summed E-state index contributed by atoms with van der Waals surface area (Å²) in [6.45, 7) is 1.52. The Bertz CT molecular complexity index is 2490. The molecule has 0 radical (unpaired) electrons. The zero-order valence-electron chi connectivity index (χ0n) is 30.1. The Hall–Kier alpha value is -7.76. The number of benzene rings is 5. The standard InChI is InChI=1S/C16H12N4O.C10H9NO2.C9H9N3O2.C7H5N/c21-14-9-12-8-11(6-7-13(12)17-14)16-18-15(19-20-16)10-4-2-1-3-5-10;1-6(12)7-2-3-9-8(4-7)5-10(13)11-9;10-12-9(14)5-1-2-7-6(3-5)4-8(13)11-7;8-6-7-4-2-1-3-5-7/h1-8H,9H2,(H,17,21)(H,18,19,20);2-4H,5H2,1H3,(H,11,13);1-3H,4,10H2,(H,11,13)(H,12,14);1-5H. The lowest BCUT2D eigenvalue weighted by atomic mass is 10.1. The summed E-state index contributed by atoms with van der Waals surface area (Å²) in [7, 11) is 0. The molecule has 3 aliphatic heterocycles. The second-order valence-corrected chi connectivity index (χ2v) is 12.7. The molecule has 56 heavy (non-hydrogen) atoms. The van der Waals surface area contributed by atoms with Gasteiger partial charge in [-0.05, 0) is 90.3 Å². The molecule has 0 spiro atoms. The van der Waals surface area contributed by atoms with Crippen molar-refractivity contribution in [3.63, 3.8) is 0 Å². The van der Waals surface area contributed by atoms with Gasteiger partial charge in [0.15, 0.2) is 17.4 Å². The molecule has 9 rings (SSSR count). The zero-order chi connectivity index (χ0) is 39.6. The summed E-state index contributed by atoms with van der Waals surface area (Å²) in [6.07, 6.45) is 1.12. The van der Waals surface area contributed by atoms with E-state index < -0.39 is 0 Å². The number of H-pyrrole nitrogens is 1. The van der Waals surface area contributed by atoms with Crippen LogP contribution in [0.25, 0.3) is 22.8 Å². The van der Waals surface area contributed by atoms with Crippen LogP contribution >= 0.6 is 0 Å². The SMILES string of the molecule is CC(=O)c1ccc2c(c1)CC(=O)N2.N#Cc1ccccc1.NNC(=O)c1ccc2c(c1)CC(=O)N2.O=C1Cc2cc(-c3n[nH]c(-c4ccccc4)n3)ccc2N1. The number of nitrogens with zero attached hydrogens (tertiary/aromatic N) is 3. The van der Waals surface area contributed by atoms with Crippen LogP contribution < -0.4 is 27.2 Å². The molecule has 0 atom stereocenters. The van der Waals surface area contributed by atoms with Gasteiger partial charge < -0.3 is 16.0 Å². The molecule has 278 valence electrons. The predicted octanol–water partition coefficient (Wildman–Crippen LogP) is 5.36. The van der Waals surface area contributed by atoms with Gasteiger partial charge in [-0.3, -0.25) is 34.5 Å². The van der Waals surface area contributed by atoms with Crippen molar-refractivity contribution in [2.24, 2.45) is 5.84 Å². The summed E-state index contributed by atoms with van der Waals surface area (Å²) in [5.74, 6) is 6.02. The number of nitriles is 1. The molecule has 14 heteroatoms. The van der Waals surface area contributed by atoms with Gasteiger partial charge in [0, 0.05) is 39.3 Å². The van der Waals surface area contributed by atoms with Gasteiger partial charge in [0.1, 0.15) is 0 Å². The highest BCUT2D eigenvalue weighted by Gasteiger charge is 2.20. The number of hydrogen-bond acceptors (Lipinski definition) is 9. The van der Waals surface area contributed by atoms with Crippen LogP contribution in [-0.4, -0.2) is 44.6 Å². The van der Waals surface area contributed by atoms with Gasteiger partial charge in [0.25, 0.3) is 5.91 Å². The minimum Gasteiger partial charge on any atom is -0.326 e. The summed E-state index contributed by atoms with van der Waals surface area (Å²) in [6, 6.07) is 37.1. The minimum atomic E-state index is -0.354. The van der Waals surface area contributed by atoms with Crippen LogP contribution in [-0.2, 0) is 33.6 Å². The maximum Gasteiger partial charge on any atom is 0.265 e. The monoisotopic (exact) mass is 745 g/mol.